The molecule has 110 valence electrons. The van der Waals surface area contributed by atoms with Gasteiger partial charge in [0.1, 0.15) is 0 Å². The Morgan fingerprint density at radius 3 is 2.62 bits per heavy atom. The van der Waals surface area contributed by atoms with E-state index < -0.39 is 17.0 Å². The van der Waals surface area contributed by atoms with Crippen molar-refractivity contribution in [2.75, 3.05) is 5.73 Å². The van der Waals surface area contributed by atoms with Crippen LogP contribution in [0.15, 0.2) is 30.5 Å². The van der Waals surface area contributed by atoms with E-state index in [4.69, 9.17) is 15.0 Å². The number of nitrogen functional groups attached to an aromatic ring is 1. The monoisotopic (exact) mass is 307 g/mol. The fraction of sp³-hybridized carbons (Fsp3) is 0.154. The summed E-state index contributed by atoms with van der Waals surface area (Å²) in [6, 6.07) is 6.90. The van der Waals surface area contributed by atoms with Crippen molar-refractivity contribution in [2.45, 2.75) is 12.7 Å². The molecule has 8 heteroatoms. The first-order chi connectivity index (χ1) is 9.95. The van der Waals surface area contributed by atoms with Gasteiger partial charge < -0.3 is 15.0 Å². The average Bonchev–Trinajstić information content (AvgIpc) is 2.41. The van der Waals surface area contributed by atoms with E-state index in [1.54, 1.807) is 24.3 Å². The smallest absolute Gasteiger partial charge is 0.309 e. The first-order valence-corrected chi connectivity index (χ1v) is 7.21. The number of ether oxygens (including phenoxy) is 1. The Hall–Kier alpha value is -2.32. The van der Waals surface area contributed by atoms with Gasteiger partial charge in [-0.25, -0.2) is 14.2 Å². The normalized spacial score (nSPS) is 11.9. The summed E-state index contributed by atoms with van der Waals surface area (Å²) in [7, 11) is 0. The summed E-state index contributed by atoms with van der Waals surface area (Å²) >= 11 is -1.88. The van der Waals surface area contributed by atoms with Gasteiger partial charge in [-0.1, -0.05) is 24.3 Å². The molecular formula is C13H13N3O4S. The van der Waals surface area contributed by atoms with Crippen LogP contribution in [0.25, 0.3) is 11.3 Å². The Bertz CT molecular complexity index is 688. The molecule has 1 unspecified atom stereocenters. The Kier molecular flexibility index (Phi) is 4.61. The van der Waals surface area contributed by atoms with Crippen LogP contribution in [0.1, 0.15) is 12.5 Å². The number of carbonyl (C=O) groups is 1. The second kappa shape index (κ2) is 6.42. The molecule has 0 amide bonds. The molecule has 2 rings (SSSR count). The van der Waals surface area contributed by atoms with E-state index in [-0.39, 0.29) is 17.5 Å². The molecule has 0 aliphatic rings. The lowest BCUT2D eigenvalue weighted by molar-refractivity contribution is -0.132. The molecule has 0 fully saturated rings. The number of aromatic nitrogens is 2. The molecule has 21 heavy (non-hydrogen) atoms. The van der Waals surface area contributed by atoms with Crippen molar-refractivity contribution in [3.63, 3.8) is 0 Å². The molecule has 1 heterocycles. The highest BCUT2D eigenvalue weighted by molar-refractivity contribution is 7.78. The number of rotatable bonds is 4. The number of nitrogens with two attached hydrogens (primary N) is 1. The van der Waals surface area contributed by atoms with Crippen molar-refractivity contribution >= 4 is 22.9 Å². The molecule has 2 aromatic rings. The first kappa shape index (κ1) is 15.1. The standard InChI is InChI=1S/C13H13N3O4S/c1-8(17)20-13-12(14)15-6-11(16-13)10-4-2-9(3-5-10)7-21(18)19/h2-6H,7H2,1H3,(H2,14,15)(H,18,19). The maximum absolute atomic E-state index is 11.0. The number of anilines is 1. The van der Waals surface area contributed by atoms with Crippen LogP contribution >= 0.6 is 0 Å². The Morgan fingerprint density at radius 2 is 2.05 bits per heavy atom. The molecule has 0 bridgehead atoms. The van der Waals surface area contributed by atoms with Crippen LogP contribution in [0, 0.1) is 0 Å². The largest absolute Gasteiger partial charge is 0.404 e. The van der Waals surface area contributed by atoms with Gasteiger partial charge in [-0.15, -0.1) is 0 Å². The maximum Gasteiger partial charge on any atom is 0.309 e. The number of benzene rings is 1. The Balaban J connectivity index is 2.29. The van der Waals surface area contributed by atoms with Gasteiger partial charge in [-0.3, -0.25) is 4.79 Å². The highest BCUT2D eigenvalue weighted by Crippen LogP contribution is 2.23. The zero-order valence-corrected chi connectivity index (χ0v) is 12.0. The summed E-state index contributed by atoms with van der Waals surface area (Å²) in [6.45, 7) is 1.25. The van der Waals surface area contributed by atoms with Crippen LogP contribution in [-0.2, 0) is 21.6 Å². The van der Waals surface area contributed by atoms with Gasteiger partial charge in [0, 0.05) is 12.5 Å². The van der Waals surface area contributed by atoms with Crippen molar-refractivity contribution in [3.8, 4) is 17.1 Å². The fourth-order valence-electron chi connectivity index (χ4n) is 1.65. The van der Waals surface area contributed by atoms with E-state index in [1.807, 2.05) is 0 Å². The van der Waals surface area contributed by atoms with E-state index in [0.29, 0.717) is 5.69 Å². The summed E-state index contributed by atoms with van der Waals surface area (Å²) in [5, 5.41) is 0. The van der Waals surface area contributed by atoms with Crippen LogP contribution in [0.4, 0.5) is 5.82 Å². The molecule has 0 aliphatic heterocycles. The summed E-state index contributed by atoms with van der Waals surface area (Å²) in [4.78, 5) is 19.0. The summed E-state index contributed by atoms with van der Waals surface area (Å²) in [6.07, 6.45) is 1.46. The number of carbonyl (C=O) groups excluding carboxylic acids is 1. The number of hydrogen-bond acceptors (Lipinski definition) is 6. The minimum absolute atomic E-state index is 0.0289. The third-order valence-electron chi connectivity index (χ3n) is 2.55. The van der Waals surface area contributed by atoms with Gasteiger partial charge in [0.2, 0.25) is 0 Å². The van der Waals surface area contributed by atoms with E-state index >= 15 is 0 Å². The lowest BCUT2D eigenvalue weighted by Crippen LogP contribution is -2.07. The molecule has 0 radical (unpaired) electrons. The van der Waals surface area contributed by atoms with Crippen LogP contribution in [0.3, 0.4) is 0 Å². The van der Waals surface area contributed by atoms with E-state index in [1.165, 1.54) is 13.1 Å². The number of hydrogen-bond donors (Lipinski definition) is 2. The topological polar surface area (TPSA) is 115 Å². The van der Waals surface area contributed by atoms with Crippen molar-refractivity contribution in [2.24, 2.45) is 0 Å². The minimum atomic E-state index is -1.88. The quantitative estimate of drug-likeness (QED) is 0.647. The van der Waals surface area contributed by atoms with Gasteiger partial charge in [0.15, 0.2) is 16.9 Å². The highest BCUT2D eigenvalue weighted by atomic mass is 32.2. The Labute approximate surface area is 123 Å². The molecule has 0 saturated heterocycles. The van der Waals surface area contributed by atoms with Crippen molar-refractivity contribution in [1.82, 2.24) is 9.97 Å². The number of esters is 1. The average molecular weight is 307 g/mol. The summed E-state index contributed by atoms with van der Waals surface area (Å²) in [5.41, 5.74) is 7.52. The van der Waals surface area contributed by atoms with Crippen molar-refractivity contribution in [1.29, 1.82) is 0 Å². The Morgan fingerprint density at radius 1 is 1.38 bits per heavy atom. The highest BCUT2D eigenvalue weighted by Gasteiger charge is 2.10. The molecular weight excluding hydrogens is 294 g/mol. The second-order valence-electron chi connectivity index (χ2n) is 4.20. The first-order valence-electron chi connectivity index (χ1n) is 5.93. The molecule has 0 aliphatic carbocycles. The zero-order chi connectivity index (χ0) is 15.4. The summed E-state index contributed by atoms with van der Waals surface area (Å²) < 4.78 is 24.4. The van der Waals surface area contributed by atoms with E-state index in [9.17, 15) is 9.00 Å². The number of nitrogens with zero attached hydrogens (tertiary/aromatic N) is 2. The van der Waals surface area contributed by atoms with Crippen molar-refractivity contribution < 1.29 is 18.3 Å². The van der Waals surface area contributed by atoms with E-state index in [0.717, 1.165) is 11.1 Å². The van der Waals surface area contributed by atoms with Gasteiger partial charge in [-0.05, 0) is 5.56 Å². The lowest BCUT2D eigenvalue weighted by atomic mass is 10.1. The van der Waals surface area contributed by atoms with Crippen LogP contribution < -0.4 is 10.5 Å². The van der Waals surface area contributed by atoms with Gasteiger partial charge in [-0.2, -0.15) is 0 Å². The molecule has 1 aromatic carbocycles. The van der Waals surface area contributed by atoms with Gasteiger partial charge in [0.05, 0.1) is 17.6 Å². The molecule has 7 nitrogen and oxygen atoms in total. The second-order valence-corrected chi connectivity index (χ2v) is 5.13. The predicted molar refractivity (Wildman–Crippen MR) is 77.7 cm³/mol. The van der Waals surface area contributed by atoms with E-state index in [2.05, 4.69) is 9.97 Å². The molecule has 1 atom stereocenters. The van der Waals surface area contributed by atoms with Crippen LogP contribution in [0.2, 0.25) is 0 Å². The molecule has 1 aromatic heterocycles. The van der Waals surface area contributed by atoms with Gasteiger partial charge in [0.25, 0.3) is 5.88 Å². The predicted octanol–water partition coefficient (Wildman–Crippen LogP) is 1.37. The van der Waals surface area contributed by atoms with Gasteiger partial charge >= 0.3 is 5.97 Å². The fourth-order valence-corrected chi connectivity index (χ4v) is 2.12. The maximum atomic E-state index is 11.0. The third kappa shape index (κ3) is 4.07. The van der Waals surface area contributed by atoms with Crippen molar-refractivity contribution in [3.05, 3.63) is 36.0 Å². The van der Waals surface area contributed by atoms with Crippen LogP contribution in [-0.4, -0.2) is 24.7 Å². The minimum Gasteiger partial charge on any atom is -0.404 e. The SMILES string of the molecule is CC(=O)Oc1nc(-c2ccc(CS(=O)O)cc2)cnc1N. The molecule has 0 spiro atoms. The molecule has 3 N–H and O–H groups in total. The third-order valence-corrected chi connectivity index (χ3v) is 3.13. The van der Waals surface area contributed by atoms with Crippen LogP contribution in [0.5, 0.6) is 5.88 Å². The molecule has 0 saturated carbocycles. The zero-order valence-electron chi connectivity index (χ0n) is 11.1. The lowest BCUT2D eigenvalue weighted by Gasteiger charge is -2.06. The summed E-state index contributed by atoms with van der Waals surface area (Å²) in [5.74, 6) is -0.484.